The Kier molecular flexibility index (Phi) is 5.88. The largest absolute Gasteiger partial charge is 0.313 e. The number of carbonyl (C=O) groups is 1. The van der Waals surface area contributed by atoms with Gasteiger partial charge in [0.25, 0.3) is 5.91 Å². The van der Waals surface area contributed by atoms with Crippen LogP contribution in [-0.4, -0.2) is 42.3 Å². The first-order valence-corrected chi connectivity index (χ1v) is 12.5. The molecule has 2 aliphatic heterocycles. The van der Waals surface area contributed by atoms with Gasteiger partial charge in [-0.05, 0) is 29.8 Å². The fraction of sp³-hybridized carbons (Fsp3) is 0.263. The standard InChI is InChI=1S/C19H15Cl3N2O3S2/c20-12-6-4-11(5-7-12)8-17(25)23-19-24(18-13(21)2-1-3-14(18)22)15-9-29(26,27)10-16(15)28-19/h1-7,15-16H,8-10H2/t15-,16+/m1/s1. The lowest BCUT2D eigenvalue weighted by Crippen LogP contribution is -2.38. The molecule has 0 unspecified atom stereocenters. The van der Waals surface area contributed by atoms with Crippen LogP contribution < -0.4 is 4.90 Å². The van der Waals surface area contributed by atoms with Crippen LogP contribution in [0.15, 0.2) is 47.5 Å². The number of hydrogen-bond acceptors (Lipinski definition) is 4. The van der Waals surface area contributed by atoms with Crippen LogP contribution in [0.4, 0.5) is 5.69 Å². The molecule has 0 aromatic heterocycles. The summed E-state index contributed by atoms with van der Waals surface area (Å²) in [7, 11) is -3.18. The van der Waals surface area contributed by atoms with Gasteiger partial charge in [0.2, 0.25) is 0 Å². The summed E-state index contributed by atoms with van der Waals surface area (Å²) in [6, 6.07) is 11.7. The molecule has 0 aliphatic carbocycles. The van der Waals surface area contributed by atoms with Crippen molar-refractivity contribution in [3.63, 3.8) is 0 Å². The summed E-state index contributed by atoms with van der Waals surface area (Å²) in [5.74, 6) is -0.340. The number of nitrogens with zero attached hydrogens (tertiary/aromatic N) is 2. The molecule has 5 nitrogen and oxygen atoms in total. The zero-order valence-corrected chi connectivity index (χ0v) is 18.8. The van der Waals surface area contributed by atoms with Crippen LogP contribution in [0.2, 0.25) is 15.1 Å². The molecule has 2 aromatic rings. The fourth-order valence-electron chi connectivity index (χ4n) is 3.47. The van der Waals surface area contributed by atoms with Crippen LogP contribution >= 0.6 is 46.6 Å². The van der Waals surface area contributed by atoms with E-state index in [0.717, 1.165) is 5.56 Å². The quantitative estimate of drug-likeness (QED) is 0.635. The highest BCUT2D eigenvalue weighted by Gasteiger charge is 2.50. The molecular weight excluding hydrogens is 475 g/mol. The van der Waals surface area contributed by atoms with Crippen molar-refractivity contribution in [1.29, 1.82) is 0 Å². The van der Waals surface area contributed by atoms with E-state index in [-0.39, 0.29) is 35.1 Å². The summed E-state index contributed by atoms with van der Waals surface area (Å²) in [5, 5.41) is 1.53. The minimum absolute atomic E-state index is 0.0311. The van der Waals surface area contributed by atoms with E-state index >= 15 is 0 Å². The topological polar surface area (TPSA) is 66.8 Å². The lowest BCUT2D eigenvalue weighted by molar-refractivity contribution is -0.117. The first kappa shape index (κ1) is 21.0. The highest BCUT2D eigenvalue weighted by molar-refractivity contribution is 8.16. The number of amides is 1. The number of carbonyl (C=O) groups excluding carboxylic acids is 1. The monoisotopic (exact) mass is 488 g/mol. The van der Waals surface area contributed by atoms with Crippen LogP contribution in [0, 0.1) is 0 Å². The molecule has 1 amide bonds. The molecule has 2 saturated heterocycles. The van der Waals surface area contributed by atoms with Crippen molar-refractivity contribution in [3.05, 3.63) is 63.1 Å². The van der Waals surface area contributed by atoms with Crippen LogP contribution in [0.25, 0.3) is 0 Å². The number of rotatable bonds is 3. The Morgan fingerprint density at radius 2 is 1.72 bits per heavy atom. The maximum absolute atomic E-state index is 12.6. The van der Waals surface area contributed by atoms with Crippen molar-refractivity contribution < 1.29 is 13.2 Å². The number of anilines is 1. The summed E-state index contributed by atoms with van der Waals surface area (Å²) in [6.07, 6.45) is 0.110. The summed E-state index contributed by atoms with van der Waals surface area (Å²) in [4.78, 5) is 18.6. The number of hydrogen-bond donors (Lipinski definition) is 0. The van der Waals surface area contributed by atoms with Gasteiger partial charge >= 0.3 is 0 Å². The maximum atomic E-state index is 12.6. The fourth-order valence-corrected chi connectivity index (χ4v) is 8.09. The number of halogens is 3. The summed E-state index contributed by atoms with van der Waals surface area (Å²) < 4.78 is 24.3. The van der Waals surface area contributed by atoms with Gasteiger partial charge in [-0.25, -0.2) is 8.42 Å². The van der Waals surface area contributed by atoms with Gasteiger partial charge in [-0.1, -0.05) is 64.8 Å². The van der Waals surface area contributed by atoms with E-state index in [0.29, 0.717) is 25.9 Å². The third-order valence-corrected chi connectivity index (χ3v) is 8.81. The van der Waals surface area contributed by atoms with Crippen molar-refractivity contribution in [2.24, 2.45) is 4.99 Å². The Balaban J connectivity index is 1.69. The number of fused-ring (bicyclic) bond motifs is 1. The summed E-state index contributed by atoms with van der Waals surface area (Å²) >= 11 is 19.9. The Hall–Kier alpha value is -1.25. The third kappa shape index (κ3) is 4.44. The van der Waals surface area contributed by atoms with Gasteiger partial charge in [-0.2, -0.15) is 4.99 Å². The van der Waals surface area contributed by atoms with Crippen molar-refractivity contribution in [1.82, 2.24) is 0 Å². The molecule has 0 radical (unpaired) electrons. The molecule has 29 heavy (non-hydrogen) atoms. The molecular formula is C19H15Cl3N2O3S2. The average Bonchev–Trinajstić information content (AvgIpc) is 3.09. The molecule has 0 N–H and O–H groups in total. The molecule has 2 atom stereocenters. The van der Waals surface area contributed by atoms with Crippen LogP contribution in [-0.2, 0) is 21.1 Å². The molecule has 10 heteroatoms. The van der Waals surface area contributed by atoms with E-state index in [2.05, 4.69) is 4.99 Å². The smallest absolute Gasteiger partial charge is 0.252 e. The minimum atomic E-state index is -3.18. The van der Waals surface area contributed by atoms with Gasteiger partial charge in [-0.3, -0.25) is 4.79 Å². The number of para-hydroxylation sites is 1. The molecule has 2 aromatic carbocycles. The highest BCUT2D eigenvalue weighted by atomic mass is 35.5. The Morgan fingerprint density at radius 3 is 2.38 bits per heavy atom. The van der Waals surface area contributed by atoms with E-state index in [9.17, 15) is 13.2 Å². The molecule has 0 spiro atoms. The van der Waals surface area contributed by atoms with Crippen LogP contribution in [0.3, 0.4) is 0 Å². The molecule has 2 fully saturated rings. The van der Waals surface area contributed by atoms with E-state index in [4.69, 9.17) is 34.8 Å². The number of aliphatic imine (C=N–C) groups is 1. The predicted octanol–water partition coefficient (Wildman–Crippen LogP) is 4.49. The van der Waals surface area contributed by atoms with Crippen molar-refractivity contribution in [2.45, 2.75) is 17.7 Å². The Bertz CT molecular complexity index is 1080. The van der Waals surface area contributed by atoms with Gasteiger partial charge in [0.05, 0.1) is 39.7 Å². The van der Waals surface area contributed by atoms with E-state index in [1.54, 1.807) is 47.4 Å². The van der Waals surface area contributed by atoms with E-state index in [1.165, 1.54) is 11.8 Å². The highest BCUT2D eigenvalue weighted by Crippen LogP contribution is 2.45. The minimum Gasteiger partial charge on any atom is -0.313 e. The lowest BCUT2D eigenvalue weighted by Gasteiger charge is -2.26. The van der Waals surface area contributed by atoms with Crippen LogP contribution in [0.5, 0.6) is 0 Å². The Morgan fingerprint density at radius 1 is 1.07 bits per heavy atom. The second kappa shape index (κ2) is 8.12. The number of sulfone groups is 1. The van der Waals surface area contributed by atoms with Crippen molar-refractivity contribution in [3.8, 4) is 0 Å². The van der Waals surface area contributed by atoms with Gasteiger partial charge < -0.3 is 4.90 Å². The first-order chi connectivity index (χ1) is 13.7. The zero-order chi connectivity index (χ0) is 20.8. The van der Waals surface area contributed by atoms with Crippen molar-refractivity contribution >= 4 is 73.2 Å². The second-order valence-electron chi connectivity index (χ2n) is 6.83. The van der Waals surface area contributed by atoms with E-state index < -0.39 is 9.84 Å². The normalized spacial score (nSPS) is 24.1. The molecule has 0 bridgehead atoms. The maximum Gasteiger partial charge on any atom is 0.252 e. The number of benzene rings is 2. The molecule has 2 heterocycles. The lowest BCUT2D eigenvalue weighted by atomic mass is 10.1. The van der Waals surface area contributed by atoms with Gasteiger partial charge in [-0.15, -0.1) is 0 Å². The van der Waals surface area contributed by atoms with Crippen LogP contribution in [0.1, 0.15) is 5.56 Å². The SMILES string of the molecule is O=C(Cc1ccc(Cl)cc1)N=C1S[C@H]2CS(=O)(=O)C[C@H]2N1c1c(Cl)cccc1Cl. The van der Waals surface area contributed by atoms with Crippen molar-refractivity contribution in [2.75, 3.05) is 16.4 Å². The van der Waals surface area contributed by atoms with E-state index in [1.807, 2.05) is 0 Å². The zero-order valence-electron chi connectivity index (χ0n) is 14.9. The van der Waals surface area contributed by atoms with Gasteiger partial charge in [0.15, 0.2) is 15.0 Å². The van der Waals surface area contributed by atoms with Gasteiger partial charge in [0, 0.05) is 10.3 Å². The molecule has 152 valence electrons. The number of amidine groups is 1. The average molecular weight is 490 g/mol. The Labute approximate surface area is 188 Å². The molecule has 0 saturated carbocycles. The second-order valence-corrected chi connectivity index (χ2v) is 11.4. The summed E-state index contributed by atoms with van der Waals surface area (Å²) in [6.45, 7) is 0. The predicted molar refractivity (Wildman–Crippen MR) is 120 cm³/mol. The molecule has 2 aliphatic rings. The molecule has 4 rings (SSSR count). The summed E-state index contributed by atoms with van der Waals surface area (Å²) in [5.41, 5.74) is 1.27. The number of thioether (sulfide) groups is 1. The van der Waals surface area contributed by atoms with Gasteiger partial charge in [0.1, 0.15) is 0 Å². The first-order valence-electron chi connectivity index (χ1n) is 8.70. The third-order valence-electron chi connectivity index (χ3n) is 4.73.